The second-order valence-electron chi connectivity index (χ2n) is 7.37. The van der Waals surface area contributed by atoms with Crippen molar-refractivity contribution < 1.29 is 14.3 Å². The number of nitrogens with zero attached hydrogens (tertiary/aromatic N) is 1. The van der Waals surface area contributed by atoms with Crippen molar-refractivity contribution in [2.24, 2.45) is 0 Å². The third kappa shape index (κ3) is 5.73. The number of esters is 1. The Bertz CT molecular complexity index is 802. The molecule has 0 aliphatic carbocycles. The molecule has 4 nitrogen and oxygen atoms in total. The van der Waals surface area contributed by atoms with Gasteiger partial charge in [-0.2, -0.15) is 0 Å². The van der Waals surface area contributed by atoms with Crippen molar-refractivity contribution in [1.29, 1.82) is 0 Å². The van der Waals surface area contributed by atoms with E-state index in [1.165, 1.54) is 19.1 Å². The van der Waals surface area contributed by atoms with Crippen LogP contribution in [0.2, 0.25) is 5.02 Å². The number of halogens is 1. The van der Waals surface area contributed by atoms with Gasteiger partial charge < -0.3 is 14.4 Å². The molecule has 0 aromatic heterocycles. The number of aryl methyl sites for hydroxylation is 1. The molecule has 1 fully saturated rings. The monoisotopic (exact) mass is 401 g/mol. The molecule has 0 radical (unpaired) electrons. The smallest absolute Gasteiger partial charge is 0.309 e. The van der Waals surface area contributed by atoms with Gasteiger partial charge in [-0.15, -0.1) is 0 Å². The van der Waals surface area contributed by atoms with Crippen LogP contribution in [0, 0.1) is 0 Å². The van der Waals surface area contributed by atoms with Crippen molar-refractivity contribution in [3.63, 3.8) is 0 Å². The Hall–Kier alpha value is -2.04. The maximum absolute atomic E-state index is 11.7. The van der Waals surface area contributed by atoms with Crippen LogP contribution in [0.25, 0.3) is 0 Å². The predicted octanol–water partition coefficient (Wildman–Crippen LogP) is 4.80. The minimum atomic E-state index is -0.228. The van der Waals surface area contributed by atoms with Crippen molar-refractivity contribution in [2.75, 3.05) is 25.7 Å². The van der Waals surface area contributed by atoms with Gasteiger partial charge >= 0.3 is 5.97 Å². The first-order chi connectivity index (χ1) is 13.5. The molecule has 150 valence electrons. The molecule has 2 aromatic rings. The first-order valence-corrected chi connectivity index (χ1v) is 10.2. The van der Waals surface area contributed by atoms with Gasteiger partial charge in [-0.3, -0.25) is 4.79 Å². The van der Waals surface area contributed by atoms with Crippen LogP contribution in [0.5, 0.6) is 0 Å². The lowest BCUT2D eigenvalue weighted by atomic mass is 10.0. The maximum atomic E-state index is 11.7. The molecule has 1 aliphatic heterocycles. The van der Waals surface area contributed by atoms with E-state index in [-0.39, 0.29) is 12.4 Å². The molecule has 0 bridgehead atoms. The van der Waals surface area contributed by atoms with Crippen molar-refractivity contribution in [3.05, 3.63) is 64.2 Å². The fraction of sp³-hybridized carbons (Fsp3) is 0.435. The Balaban J connectivity index is 1.70. The lowest BCUT2D eigenvalue weighted by molar-refractivity contribution is -0.139. The highest BCUT2D eigenvalue weighted by Gasteiger charge is 2.16. The van der Waals surface area contributed by atoms with Gasteiger partial charge in [-0.1, -0.05) is 35.9 Å². The minimum Gasteiger partial charge on any atom is -0.469 e. The van der Waals surface area contributed by atoms with E-state index in [0.717, 1.165) is 47.7 Å². The Kier molecular flexibility index (Phi) is 7.35. The first kappa shape index (κ1) is 20.7. The Morgan fingerprint density at radius 3 is 2.75 bits per heavy atom. The van der Waals surface area contributed by atoms with Crippen molar-refractivity contribution in [3.8, 4) is 0 Å². The Morgan fingerprint density at radius 1 is 1.25 bits per heavy atom. The summed E-state index contributed by atoms with van der Waals surface area (Å²) in [5, 5.41) is 0.745. The summed E-state index contributed by atoms with van der Waals surface area (Å²) in [6.45, 7) is 1.58. The molecule has 5 heteroatoms. The molecule has 0 unspecified atom stereocenters. The predicted molar refractivity (Wildman–Crippen MR) is 113 cm³/mol. The summed E-state index contributed by atoms with van der Waals surface area (Å²) in [6, 6.07) is 14.2. The third-order valence-electron chi connectivity index (χ3n) is 5.25. The van der Waals surface area contributed by atoms with Crippen LogP contribution >= 0.6 is 11.6 Å². The first-order valence-electron chi connectivity index (χ1n) is 9.81. The highest BCUT2D eigenvalue weighted by atomic mass is 35.5. The van der Waals surface area contributed by atoms with Crippen LogP contribution < -0.4 is 4.90 Å². The van der Waals surface area contributed by atoms with Crippen LogP contribution in [0.3, 0.4) is 0 Å². The number of carbonyl (C=O) groups excluding carboxylic acids is 1. The van der Waals surface area contributed by atoms with Gasteiger partial charge in [0.15, 0.2) is 0 Å². The highest BCUT2D eigenvalue weighted by molar-refractivity contribution is 6.30. The molecule has 0 amide bonds. The van der Waals surface area contributed by atoms with Crippen LogP contribution in [0.1, 0.15) is 36.0 Å². The zero-order chi connectivity index (χ0) is 19.9. The molecular formula is C23H28ClNO3. The van der Waals surface area contributed by atoms with Crippen LogP contribution in [-0.4, -0.2) is 32.8 Å². The van der Waals surface area contributed by atoms with Crippen molar-refractivity contribution >= 4 is 23.3 Å². The second kappa shape index (κ2) is 9.94. The Labute approximate surface area is 172 Å². The molecule has 0 N–H and O–H groups in total. The van der Waals surface area contributed by atoms with Crippen molar-refractivity contribution in [2.45, 2.75) is 44.8 Å². The molecule has 1 saturated heterocycles. The van der Waals surface area contributed by atoms with E-state index >= 15 is 0 Å². The van der Waals surface area contributed by atoms with Crippen LogP contribution in [0.15, 0.2) is 42.5 Å². The maximum Gasteiger partial charge on any atom is 0.309 e. The number of rotatable bonds is 8. The standard InChI is InChI=1S/C23H28ClNO3/c1-25(16-19-7-4-3-6-18(19)14-23(26)27-2)21-13-17(12-20(24)15-21)9-10-22-8-5-11-28-22/h3-4,6-7,12-13,15,22H,5,8-11,14,16H2,1-2H3/t22-/m0/s1. The van der Waals surface area contributed by atoms with E-state index in [1.807, 2.05) is 37.4 Å². The number of carbonyl (C=O) groups is 1. The molecule has 3 rings (SSSR count). The summed E-state index contributed by atoms with van der Waals surface area (Å²) in [4.78, 5) is 13.9. The molecule has 1 heterocycles. The van der Waals surface area contributed by atoms with E-state index in [2.05, 4.69) is 17.0 Å². The summed E-state index contributed by atoms with van der Waals surface area (Å²) in [7, 11) is 3.46. The summed E-state index contributed by atoms with van der Waals surface area (Å²) < 4.78 is 10.6. The topological polar surface area (TPSA) is 38.8 Å². The van der Waals surface area contributed by atoms with Gasteiger partial charge in [0.1, 0.15) is 0 Å². The van der Waals surface area contributed by atoms with Crippen molar-refractivity contribution in [1.82, 2.24) is 0 Å². The van der Waals surface area contributed by atoms with E-state index in [0.29, 0.717) is 12.6 Å². The number of methoxy groups -OCH3 is 1. The van der Waals surface area contributed by atoms with Gasteiger partial charge in [-0.25, -0.2) is 0 Å². The average Bonchev–Trinajstić information content (AvgIpc) is 3.21. The van der Waals surface area contributed by atoms with E-state index in [4.69, 9.17) is 21.1 Å². The van der Waals surface area contributed by atoms with Gasteiger partial charge in [0, 0.05) is 30.9 Å². The third-order valence-corrected chi connectivity index (χ3v) is 5.47. The fourth-order valence-electron chi connectivity index (χ4n) is 3.66. The normalized spacial score (nSPS) is 16.2. The second-order valence-corrected chi connectivity index (χ2v) is 7.81. The zero-order valence-electron chi connectivity index (χ0n) is 16.6. The number of hydrogen-bond donors (Lipinski definition) is 0. The number of ether oxygens (including phenoxy) is 2. The summed E-state index contributed by atoms with van der Waals surface area (Å²) >= 11 is 6.39. The molecular weight excluding hydrogens is 374 g/mol. The molecule has 0 spiro atoms. The van der Waals surface area contributed by atoms with E-state index < -0.39 is 0 Å². The van der Waals surface area contributed by atoms with E-state index in [1.54, 1.807) is 0 Å². The zero-order valence-corrected chi connectivity index (χ0v) is 17.4. The van der Waals surface area contributed by atoms with Gasteiger partial charge in [0.25, 0.3) is 0 Å². The SMILES string of the molecule is COC(=O)Cc1ccccc1CN(C)c1cc(Cl)cc(CC[C@@H]2CCCO2)c1. The fourth-order valence-corrected chi connectivity index (χ4v) is 3.91. The molecule has 28 heavy (non-hydrogen) atoms. The summed E-state index contributed by atoms with van der Waals surface area (Å²) in [6.07, 6.45) is 4.98. The number of benzene rings is 2. The lowest BCUT2D eigenvalue weighted by Crippen LogP contribution is -2.18. The highest BCUT2D eigenvalue weighted by Crippen LogP contribution is 2.26. The molecule has 2 aromatic carbocycles. The average molecular weight is 402 g/mol. The largest absolute Gasteiger partial charge is 0.469 e. The van der Waals surface area contributed by atoms with E-state index in [9.17, 15) is 4.79 Å². The van der Waals surface area contributed by atoms with Gasteiger partial charge in [-0.05, 0) is 60.6 Å². The molecule has 1 atom stereocenters. The summed E-state index contributed by atoms with van der Waals surface area (Å²) in [5.74, 6) is -0.228. The summed E-state index contributed by atoms with van der Waals surface area (Å²) in [5.41, 5.74) is 4.40. The molecule has 1 aliphatic rings. The Morgan fingerprint density at radius 2 is 2.04 bits per heavy atom. The minimum absolute atomic E-state index is 0.228. The van der Waals surface area contributed by atoms with Crippen LogP contribution in [0.4, 0.5) is 5.69 Å². The quantitative estimate of drug-likeness (QED) is 0.595. The number of anilines is 1. The van der Waals surface area contributed by atoms with Crippen LogP contribution in [-0.2, 0) is 33.7 Å². The van der Waals surface area contributed by atoms with Gasteiger partial charge in [0.2, 0.25) is 0 Å². The molecule has 0 saturated carbocycles. The van der Waals surface area contributed by atoms with Gasteiger partial charge in [0.05, 0.1) is 19.6 Å². The number of hydrogen-bond acceptors (Lipinski definition) is 4. The lowest BCUT2D eigenvalue weighted by Gasteiger charge is -2.22.